The van der Waals surface area contributed by atoms with Crippen LogP contribution in [0.5, 0.6) is 11.5 Å². The molecule has 7 aromatic carbocycles. The Hall–Kier alpha value is -6.42. The van der Waals surface area contributed by atoms with Gasteiger partial charge >= 0.3 is 0 Å². The van der Waals surface area contributed by atoms with Crippen LogP contribution < -0.4 is 14.5 Å². The first-order valence-corrected chi connectivity index (χ1v) is 26.6. The normalized spacial score (nSPS) is 13.3. The van der Waals surface area contributed by atoms with Gasteiger partial charge in [-0.2, -0.15) is 12.1 Å². The van der Waals surface area contributed by atoms with E-state index < -0.39 is 0 Å². The number of anilines is 4. The minimum atomic E-state index is -0.247. The van der Waals surface area contributed by atoms with E-state index in [9.17, 15) is 0 Å². The van der Waals surface area contributed by atoms with Crippen molar-refractivity contribution in [1.82, 2.24) is 9.55 Å². The maximum Gasteiger partial charge on any atom is 0.135 e. The molecular formula is C69H73N4OPt-3. The number of aromatic nitrogens is 2. The fourth-order valence-corrected chi connectivity index (χ4v) is 10.6. The van der Waals surface area contributed by atoms with Crippen molar-refractivity contribution >= 4 is 44.6 Å². The van der Waals surface area contributed by atoms with Gasteiger partial charge in [0.05, 0.1) is 0 Å². The molecule has 388 valence electrons. The van der Waals surface area contributed by atoms with Gasteiger partial charge in [-0.1, -0.05) is 182 Å². The molecule has 0 atom stereocenters. The molecule has 0 saturated heterocycles. The van der Waals surface area contributed by atoms with Crippen LogP contribution in [-0.2, 0) is 42.7 Å². The molecule has 1 aliphatic rings. The minimum absolute atomic E-state index is 0. The predicted octanol–water partition coefficient (Wildman–Crippen LogP) is 19.1. The molecule has 2 aromatic heterocycles. The number of pyridine rings is 1. The molecule has 0 bridgehead atoms. The zero-order valence-electron chi connectivity index (χ0n) is 46.7. The second-order valence-corrected chi connectivity index (χ2v) is 24.7. The average molecular weight is 1170 g/mol. The Bertz CT molecular complexity index is 3500. The van der Waals surface area contributed by atoms with Crippen molar-refractivity contribution < 1.29 is 25.8 Å². The predicted molar refractivity (Wildman–Crippen MR) is 313 cm³/mol. The number of rotatable bonds is 10. The van der Waals surface area contributed by atoms with Crippen LogP contribution in [0.2, 0.25) is 0 Å². The number of ether oxygens (including phenoxy) is 1. The Morgan fingerprint density at radius 3 is 1.79 bits per heavy atom. The molecular weight excluding hydrogens is 1100 g/mol. The van der Waals surface area contributed by atoms with Crippen LogP contribution in [-0.4, -0.2) is 9.55 Å². The van der Waals surface area contributed by atoms with Gasteiger partial charge in [-0.25, -0.2) is 4.98 Å². The summed E-state index contributed by atoms with van der Waals surface area (Å²) in [4.78, 5) is 9.69. The molecule has 0 amide bonds. The maximum absolute atomic E-state index is 6.87. The molecule has 0 unspecified atom stereocenters. The van der Waals surface area contributed by atoms with Crippen molar-refractivity contribution in [3.63, 3.8) is 0 Å². The first-order chi connectivity index (χ1) is 35.0. The van der Waals surface area contributed by atoms with Crippen LogP contribution in [0.1, 0.15) is 155 Å². The molecule has 0 N–H and O–H groups in total. The van der Waals surface area contributed by atoms with Gasteiger partial charge in [0.1, 0.15) is 5.82 Å². The third-order valence-electron chi connectivity index (χ3n) is 15.3. The Morgan fingerprint density at radius 1 is 0.507 bits per heavy atom. The number of fused-ring (bicyclic) bond motifs is 4. The van der Waals surface area contributed by atoms with Gasteiger partial charge in [0.2, 0.25) is 0 Å². The van der Waals surface area contributed by atoms with Crippen molar-refractivity contribution in [3.05, 3.63) is 210 Å². The van der Waals surface area contributed by atoms with Crippen LogP contribution in [0.15, 0.2) is 152 Å². The van der Waals surface area contributed by atoms with Crippen molar-refractivity contribution in [2.45, 2.75) is 137 Å². The van der Waals surface area contributed by atoms with E-state index in [0.717, 1.165) is 50.4 Å². The summed E-state index contributed by atoms with van der Waals surface area (Å²) in [7, 11) is 0. The fourth-order valence-electron chi connectivity index (χ4n) is 10.6. The van der Waals surface area contributed by atoms with Crippen molar-refractivity contribution in [2.24, 2.45) is 0 Å². The Kier molecular flexibility index (Phi) is 14.2. The van der Waals surface area contributed by atoms with Gasteiger partial charge in [0, 0.05) is 66.8 Å². The molecule has 3 heterocycles. The SMILES string of the molecule is CC(C)c1cccc(C(C)C)c1-c1ccc2c(c1)N(c1[c-]c(Oc3[c-]c4c(cc3)c3cc(C(C)(C)C)ccc3n4-c3cc(C(C)(C)c4ccccc4)ccn3)ccc1)[CH-]N2c1cc(C(C)(C)C)cc(C(C)(C)C)c1.[Pt]. The molecule has 10 rings (SSSR count). The molecule has 1 aliphatic heterocycles. The molecule has 9 aromatic rings. The van der Waals surface area contributed by atoms with Crippen LogP contribution in [0, 0.1) is 18.8 Å². The zero-order valence-corrected chi connectivity index (χ0v) is 49.0. The number of benzene rings is 7. The molecule has 6 heteroatoms. The number of nitrogens with zero attached hydrogens (tertiary/aromatic N) is 4. The van der Waals surface area contributed by atoms with Crippen molar-refractivity contribution in [1.29, 1.82) is 0 Å². The molecule has 0 aliphatic carbocycles. The first kappa shape index (κ1) is 53.4. The summed E-state index contributed by atoms with van der Waals surface area (Å²) in [5.41, 5.74) is 17.4. The van der Waals surface area contributed by atoms with Crippen molar-refractivity contribution in [3.8, 4) is 28.4 Å². The van der Waals surface area contributed by atoms with E-state index in [0.29, 0.717) is 23.3 Å². The Morgan fingerprint density at radius 2 is 1.15 bits per heavy atom. The molecule has 75 heavy (non-hydrogen) atoms. The third kappa shape index (κ3) is 10.2. The summed E-state index contributed by atoms with van der Waals surface area (Å²) in [6, 6.07) is 60.8. The summed E-state index contributed by atoms with van der Waals surface area (Å²) in [6.45, 7) is 36.6. The van der Waals surface area contributed by atoms with Gasteiger partial charge in [0.15, 0.2) is 0 Å². The van der Waals surface area contributed by atoms with Crippen LogP contribution >= 0.6 is 0 Å². The van der Waals surface area contributed by atoms with Crippen LogP contribution in [0.3, 0.4) is 0 Å². The van der Waals surface area contributed by atoms with Gasteiger partial charge in [-0.05, 0) is 126 Å². The van der Waals surface area contributed by atoms with Gasteiger partial charge in [-0.15, -0.1) is 48.1 Å². The van der Waals surface area contributed by atoms with E-state index >= 15 is 0 Å². The fraction of sp³-hybridized carbons (Fsp3) is 0.304. The molecule has 0 radical (unpaired) electrons. The van der Waals surface area contributed by atoms with Crippen LogP contribution in [0.4, 0.5) is 22.7 Å². The largest absolute Gasteiger partial charge is 0.509 e. The third-order valence-corrected chi connectivity index (χ3v) is 15.3. The van der Waals surface area contributed by atoms with E-state index in [1.807, 2.05) is 18.3 Å². The average Bonchev–Trinajstić information content (AvgIpc) is 3.91. The monoisotopic (exact) mass is 1170 g/mol. The summed E-state index contributed by atoms with van der Waals surface area (Å²) in [5, 5.41) is 2.25. The summed E-state index contributed by atoms with van der Waals surface area (Å²) >= 11 is 0. The molecule has 0 spiro atoms. The number of hydrogen-bond donors (Lipinski definition) is 0. The van der Waals surface area contributed by atoms with Crippen LogP contribution in [0.25, 0.3) is 38.8 Å². The topological polar surface area (TPSA) is 33.5 Å². The molecule has 0 fully saturated rings. The first-order valence-electron chi connectivity index (χ1n) is 26.6. The molecule has 0 saturated carbocycles. The van der Waals surface area contributed by atoms with E-state index in [4.69, 9.17) is 9.72 Å². The Balaban J connectivity index is 0.00000689. The van der Waals surface area contributed by atoms with Gasteiger partial charge < -0.3 is 19.1 Å². The smallest absolute Gasteiger partial charge is 0.135 e. The summed E-state index contributed by atoms with van der Waals surface area (Å²) in [6.07, 6.45) is 1.94. The molecule has 5 nitrogen and oxygen atoms in total. The number of hydrogen-bond acceptors (Lipinski definition) is 4. The van der Waals surface area contributed by atoms with E-state index in [2.05, 4.69) is 270 Å². The van der Waals surface area contributed by atoms with E-state index in [-0.39, 0.29) is 42.7 Å². The van der Waals surface area contributed by atoms with E-state index in [1.54, 1.807) is 0 Å². The Labute approximate surface area is 462 Å². The minimum Gasteiger partial charge on any atom is -0.509 e. The standard InChI is InChI=1S/C69H73N4O.Pt/c1-44(2)56-25-20-26-57(45(3)4)65(56)46-27-31-61-63(35-46)71(43-72(61)53-37-50(67(8,9)10)36-51(38-53)68(11,12)13)52-23-19-24-54(41-52)74-55-29-30-58-59-39-48(66(5,6)7)28-32-60(59)73(62(58)42-55)64-40-49(33-34-70-64)69(14,15)47-21-17-16-18-22-47;/h16-40,43-45H,1-15H3;/q-3;. The second kappa shape index (κ2) is 19.9. The van der Waals surface area contributed by atoms with E-state index in [1.165, 1.54) is 50.1 Å². The zero-order chi connectivity index (χ0) is 52.6. The summed E-state index contributed by atoms with van der Waals surface area (Å²) < 4.78 is 9.12. The van der Waals surface area contributed by atoms with Crippen molar-refractivity contribution in [2.75, 3.05) is 9.80 Å². The van der Waals surface area contributed by atoms with Gasteiger partial charge in [0.25, 0.3) is 0 Å². The maximum atomic E-state index is 6.87. The quantitative estimate of drug-likeness (QED) is 0.128. The van der Waals surface area contributed by atoms with Gasteiger partial charge in [-0.3, -0.25) is 0 Å². The summed E-state index contributed by atoms with van der Waals surface area (Å²) in [5.74, 6) is 2.76. The second-order valence-electron chi connectivity index (χ2n) is 24.7.